The Bertz CT molecular complexity index is 776. The third kappa shape index (κ3) is 3.63. The monoisotopic (exact) mass is 332 g/mol. The molecule has 0 spiro atoms. The number of aromatic nitrogens is 1. The van der Waals surface area contributed by atoms with Crippen molar-refractivity contribution in [1.82, 2.24) is 9.47 Å². The second-order valence-electron chi connectivity index (χ2n) is 7.36. The Hall–Kier alpha value is -2.24. The zero-order valence-electron chi connectivity index (χ0n) is 14.4. The summed E-state index contributed by atoms with van der Waals surface area (Å²) in [5.41, 5.74) is 0.975. The quantitative estimate of drug-likeness (QED) is 0.847. The molecule has 0 aliphatic carbocycles. The van der Waals surface area contributed by atoms with E-state index in [2.05, 4.69) is 0 Å². The van der Waals surface area contributed by atoms with Crippen LogP contribution >= 0.6 is 0 Å². The number of para-hydroxylation sites is 2. The molecule has 6 heteroatoms. The first-order valence-electron chi connectivity index (χ1n) is 8.40. The van der Waals surface area contributed by atoms with Crippen LogP contribution < -0.4 is 5.76 Å². The molecule has 3 rings (SSSR count). The average Bonchev–Trinajstić information content (AvgIpc) is 2.82. The molecule has 1 aliphatic heterocycles. The van der Waals surface area contributed by atoms with E-state index in [1.165, 1.54) is 0 Å². The first-order valence-corrected chi connectivity index (χ1v) is 8.40. The van der Waals surface area contributed by atoms with E-state index in [0.29, 0.717) is 31.1 Å². The Kier molecular flexibility index (Phi) is 4.39. The van der Waals surface area contributed by atoms with Crippen LogP contribution in [0.3, 0.4) is 0 Å². The Morgan fingerprint density at radius 1 is 1.25 bits per heavy atom. The van der Waals surface area contributed by atoms with E-state index in [-0.39, 0.29) is 11.8 Å². The number of likely N-dealkylation sites (tertiary alicyclic amines) is 1. The van der Waals surface area contributed by atoms with Gasteiger partial charge in [0.2, 0.25) is 0 Å². The fraction of sp³-hybridized carbons (Fsp3) is 0.556. The smallest absolute Gasteiger partial charge is 0.419 e. The number of oxazole rings is 1. The van der Waals surface area contributed by atoms with Crippen LogP contribution in [-0.4, -0.2) is 34.3 Å². The first-order chi connectivity index (χ1) is 11.3. The van der Waals surface area contributed by atoms with Crippen LogP contribution in [0, 0.1) is 5.92 Å². The zero-order valence-corrected chi connectivity index (χ0v) is 14.4. The number of fused-ring (bicyclic) bond motifs is 1. The Morgan fingerprint density at radius 2 is 1.92 bits per heavy atom. The van der Waals surface area contributed by atoms with Crippen LogP contribution in [0.1, 0.15) is 33.6 Å². The van der Waals surface area contributed by atoms with Gasteiger partial charge in [0.15, 0.2) is 5.58 Å². The molecule has 0 N–H and O–H groups in total. The predicted molar refractivity (Wildman–Crippen MR) is 91.0 cm³/mol. The summed E-state index contributed by atoms with van der Waals surface area (Å²) in [7, 11) is 0. The number of benzene rings is 1. The molecule has 1 aromatic carbocycles. The van der Waals surface area contributed by atoms with Crippen LogP contribution in [0.4, 0.5) is 4.79 Å². The van der Waals surface area contributed by atoms with Crippen molar-refractivity contribution in [3.05, 3.63) is 34.8 Å². The van der Waals surface area contributed by atoms with Gasteiger partial charge in [0.05, 0.1) is 5.52 Å². The van der Waals surface area contributed by atoms with Gasteiger partial charge in [-0.15, -0.1) is 0 Å². The van der Waals surface area contributed by atoms with Gasteiger partial charge in [-0.1, -0.05) is 12.1 Å². The van der Waals surface area contributed by atoms with E-state index in [1.807, 2.05) is 39.0 Å². The van der Waals surface area contributed by atoms with Crippen molar-refractivity contribution in [2.24, 2.45) is 5.92 Å². The molecule has 1 aromatic heterocycles. The molecular formula is C18H24N2O4. The first kappa shape index (κ1) is 16.6. The number of piperidine rings is 1. The van der Waals surface area contributed by atoms with E-state index in [4.69, 9.17) is 9.15 Å². The minimum Gasteiger partial charge on any atom is -0.444 e. The SMILES string of the molecule is CC(C)(C)OC(=O)N1CCC(Cn2c(=O)oc3ccccc32)CC1. The molecule has 0 bridgehead atoms. The third-order valence-corrected chi connectivity index (χ3v) is 4.28. The highest BCUT2D eigenvalue weighted by Gasteiger charge is 2.27. The van der Waals surface area contributed by atoms with Gasteiger partial charge in [-0.05, 0) is 51.7 Å². The number of amides is 1. The van der Waals surface area contributed by atoms with Gasteiger partial charge in [0, 0.05) is 19.6 Å². The molecule has 0 saturated carbocycles. The van der Waals surface area contributed by atoms with Crippen LogP contribution in [0.15, 0.2) is 33.5 Å². The fourth-order valence-corrected chi connectivity index (χ4v) is 3.07. The Balaban J connectivity index is 1.62. The van der Waals surface area contributed by atoms with Crippen molar-refractivity contribution in [1.29, 1.82) is 0 Å². The summed E-state index contributed by atoms with van der Waals surface area (Å²) in [6.07, 6.45) is 1.45. The van der Waals surface area contributed by atoms with Gasteiger partial charge in [0.1, 0.15) is 5.60 Å². The molecule has 1 aliphatic rings. The Morgan fingerprint density at radius 3 is 2.58 bits per heavy atom. The topological polar surface area (TPSA) is 64.7 Å². The van der Waals surface area contributed by atoms with E-state index in [0.717, 1.165) is 18.4 Å². The molecule has 24 heavy (non-hydrogen) atoms. The lowest BCUT2D eigenvalue weighted by Gasteiger charge is -2.33. The van der Waals surface area contributed by atoms with Crippen molar-refractivity contribution in [3.63, 3.8) is 0 Å². The lowest BCUT2D eigenvalue weighted by atomic mass is 9.97. The molecule has 0 atom stereocenters. The second-order valence-corrected chi connectivity index (χ2v) is 7.36. The molecule has 2 heterocycles. The summed E-state index contributed by atoms with van der Waals surface area (Å²) >= 11 is 0. The lowest BCUT2D eigenvalue weighted by Crippen LogP contribution is -2.42. The van der Waals surface area contributed by atoms with Crippen molar-refractivity contribution in [2.45, 2.75) is 45.8 Å². The van der Waals surface area contributed by atoms with E-state index in [9.17, 15) is 9.59 Å². The van der Waals surface area contributed by atoms with Crippen molar-refractivity contribution >= 4 is 17.2 Å². The largest absolute Gasteiger partial charge is 0.444 e. The van der Waals surface area contributed by atoms with Gasteiger partial charge >= 0.3 is 11.8 Å². The maximum atomic E-state index is 12.1. The molecule has 0 unspecified atom stereocenters. The van der Waals surface area contributed by atoms with Gasteiger partial charge in [-0.25, -0.2) is 9.59 Å². The number of hydrogen-bond acceptors (Lipinski definition) is 4. The summed E-state index contributed by atoms with van der Waals surface area (Å²) in [5, 5.41) is 0. The average molecular weight is 332 g/mol. The Labute approximate surface area is 141 Å². The van der Waals surface area contributed by atoms with Gasteiger partial charge in [-0.3, -0.25) is 4.57 Å². The standard InChI is InChI=1S/C18H24N2O4/c1-18(2,3)24-16(21)19-10-8-13(9-11-19)12-20-14-6-4-5-7-15(14)23-17(20)22/h4-7,13H,8-12H2,1-3H3. The van der Waals surface area contributed by atoms with Crippen LogP contribution in [-0.2, 0) is 11.3 Å². The van der Waals surface area contributed by atoms with Gasteiger partial charge in [-0.2, -0.15) is 0 Å². The summed E-state index contributed by atoms with van der Waals surface area (Å²) in [4.78, 5) is 25.9. The maximum Gasteiger partial charge on any atom is 0.419 e. The second kappa shape index (κ2) is 6.34. The lowest BCUT2D eigenvalue weighted by molar-refractivity contribution is 0.0178. The highest BCUT2D eigenvalue weighted by atomic mass is 16.6. The molecule has 2 aromatic rings. The highest BCUT2D eigenvalue weighted by Crippen LogP contribution is 2.22. The fourth-order valence-electron chi connectivity index (χ4n) is 3.07. The zero-order chi connectivity index (χ0) is 17.3. The minimum atomic E-state index is -0.475. The van der Waals surface area contributed by atoms with Gasteiger partial charge in [0.25, 0.3) is 0 Å². The normalized spacial score (nSPS) is 16.5. The summed E-state index contributed by atoms with van der Waals surface area (Å²) < 4.78 is 12.4. The number of hydrogen-bond donors (Lipinski definition) is 0. The molecule has 6 nitrogen and oxygen atoms in total. The number of carbonyl (C=O) groups is 1. The van der Waals surface area contributed by atoms with Crippen LogP contribution in [0.25, 0.3) is 11.1 Å². The van der Waals surface area contributed by atoms with Crippen molar-refractivity contribution in [2.75, 3.05) is 13.1 Å². The molecule has 1 amide bonds. The van der Waals surface area contributed by atoms with Crippen molar-refractivity contribution in [3.8, 4) is 0 Å². The predicted octanol–water partition coefficient (Wildman–Crippen LogP) is 3.24. The number of carbonyl (C=O) groups excluding carboxylic acids is 1. The molecule has 1 fully saturated rings. The summed E-state index contributed by atoms with van der Waals surface area (Å²) in [6, 6.07) is 7.46. The minimum absolute atomic E-state index is 0.258. The highest BCUT2D eigenvalue weighted by molar-refractivity contribution is 5.72. The van der Waals surface area contributed by atoms with Crippen molar-refractivity contribution < 1.29 is 13.9 Å². The van der Waals surface area contributed by atoms with Crippen LogP contribution in [0.5, 0.6) is 0 Å². The summed E-state index contributed by atoms with van der Waals surface area (Å²) in [5.74, 6) is 0.0353. The molecule has 0 radical (unpaired) electrons. The number of rotatable bonds is 2. The van der Waals surface area contributed by atoms with E-state index < -0.39 is 5.60 Å². The number of nitrogens with zero attached hydrogens (tertiary/aromatic N) is 2. The van der Waals surface area contributed by atoms with E-state index in [1.54, 1.807) is 15.5 Å². The summed E-state index contributed by atoms with van der Waals surface area (Å²) in [6.45, 7) is 7.54. The maximum absolute atomic E-state index is 12.1. The molecular weight excluding hydrogens is 308 g/mol. The van der Waals surface area contributed by atoms with Gasteiger partial charge < -0.3 is 14.1 Å². The molecule has 1 saturated heterocycles. The number of ether oxygens (including phenoxy) is 1. The molecule has 130 valence electrons. The van der Waals surface area contributed by atoms with Crippen LogP contribution in [0.2, 0.25) is 0 Å². The third-order valence-electron chi connectivity index (χ3n) is 4.28. The van der Waals surface area contributed by atoms with E-state index >= 15 is 0 Å².